The molecule has 0 bridgehead atoms. The van der Waals surface area contributed by atoms with E-state index in [0.717, 1.165) is 45.1 Å². The largest absolute Gasteiger partial charge is 0.381 e. The number of amides is 1. The van der Waals surface area contributed by atoms with Crippen LogP contribution >= 0.6 is 0 Å². The van der Waals surface area contributed by atoms with E-state index in [1.807, 2.05) is 6.92 Å². The Morgan fingerprint density at radius 3 is 2.28 bits per heavy atom. The van der Waals surface area contributed by atoms with Crippen molar-refractivity contribution in [2.45, 2.75) is 104 Å². The van der Waals surface area contributed by atoms with Gasteiger partial charge in [-0.25, -0.2) is 4.39 Å². The molecule has 0 aromatic heterocycles. The summed E-state index contributed by atoms with van der Waals surface area (Å²) in [5.74, 6) is -0.0883. The fourth-order valence-electron chi connectivity index (χ4n) is 2.86. The normalized spacial score (nSPS) is 14.6. The molecule has 0 aliphatic carbocycles. The molecule has 0 aliphatic rings. The standard InChI is InChI=1S/C23H47FN2O3/c1-8-13-19(9-2)21(27)25-18-20(24)23(6,7)29-17-12-16-28-15-11-14-26-22(4,5)10-3/h19-20,26H,8-18H2,1-7H3,(H,25,27). The van der Waals surface area contributed by atoms with Crippen LogP contribution in [0.25, 0.3) is 0 Å². The second-order valence-electron chi connectivity index (χ2n) is 9.04. The number of hydrogen-bond acceptors (Lipinski definition) is 4. The van der Waals surface area contributed by atoms with E-state index in [1.165, 1.54) is 0 Å². The lowest BCUT2D eigenvalue weighted by Crippen LogP contribution is -2.45. The fourth-order valence-corrected chi connectivity index (χ4v) is 2.86. The Bertz CT molecular complexity index is 430. The van der Waals surface area contributed by atoms with Gasteiger partial charge in [-0.05, 0) is 66.3 Å². The topological polar surface area (TPSA) is 59.6 Å². The van der Waals surface area contributed by atoms with Crippen LogP contribution in [-0.2, 0) is 14.3 Å². The van der Waals surface area contributed by atoms with E-state index in [9.17, 15) is 9.18 Å². The summed E-state index contributed by atoms with van der Waals surface area (Å²) in [7, 11) is 0. The van der Waals surface area contributed by atoms with E-state index >= 15 is 0 Å². The summed E-state index contributed by atoms with van der Waals surface area (Å²) in [6, 6.07) is 0. The van der Waals surface area contributed by atoms with Gasteiger partial charge in [-0.3, -0.25) is 4.79 Å². The van der Waals surface area contributed by atoms with Crippen molar-refractivity contribution in [1.29, 1.82) is 0 Å². The molecule has 0 aliphatic heterocycles. The van der Waals surface area contributed by atoms with Crippen molar-refractivity contribution < 1.29 is 18.7 Å². The van der Waals surface area contributed by atoms with Gasteiger partial charge in [0.1, 0.15) is 6.17 Å². The van der Waals surface area contributed by atoms with Crippen LogP contribution in [0, 0.1) is 5.92 Å². The summed E-state index contributed by atoms with van der Waals surface area (Å²) < 4.78 is 25.9. The molecule has 0 rings (SSSR count). The summed E-state index contributed by atoms with van der Waals surface area (Å²) in [4.78, 5) is 12.1. The Labute approximate surface area is 178 Å². The maximum atomic E-state index is 14.6. The first-order chi connectivity index (χ1) is 13.6. The van der Waals surface area contributed by atoms with Gasteiger partial charge in [0.15, 0.2) is 0 Å². The average molecular weight is 419 g/mol. The van der Waals surface area contributed by atoms with Crippen LogP contribution in [0.4, 0.5) is 4.39 Å². The third kappa shape index (κ3) is 13.2. The highest BCUT2D eigenvalue weighted by molar-refractivity contribution is 5.78. The number of hydrogen-bond donors (Lipinski definition) is 2. The molecule has 29 heavy (non-hydrogen) atoms. The fraction of sp³-hybridized carbons (Fsp3) is 0.957. The smallest absolute Gasteiger partial charge is 0.223 e. The first kappa shape index (κ1) is 28.3. The maximum Gasteiger partial charge on any atom is 0.223 e. The van der Waals surface area contributed by atoms with Gasteiger partial charge < -0.3 is 20.1 Å². The number of nitrogens with one attached hydrogen (secondary N) is 2. The van der Waals surface area contributed by atoms with Crippen LogP contribution in [0.3, 0.4) is 0 Å². The van der Waals surface area contributed by atoms with Crippen molar-refractivity contribution in [1.82, 2.24) is 10.6 Å². The van der Waals surface area contributed by atoms with Crippen LogP contribution in [-0.4, -0.2) is 56.1 Å². The highest BCUT2D eigenvalue weighted by atomic mass is 19.1. The van der Waals surface area contributed by atoms with Crippen LogP contribution < -0.4 is 10.6 Å². The molecule has 0 saturated carbocycles. The highest BCUT2D eigenvalue weighted by Crippen LogP contribution is 2.19. The highest BCUT2D eigenvalue weighted by Gasteiger charge is 2.31. The first-order valence-corrected chi connectivity index (χ1v) is 11.5. The van der Waals surface area contributed by atoms with Crippen LogP contribution in [0.1, 0.15) is 87.0 Å². The predicted molar refractivity (Wildman–Crippen MR) is 119 cm³/mol. The number of alkyl halides is 1. The zero-order valence-electron chi connectivity index (χ0n) is 20.0. The van der Waals surface area contributed by atoms with Gasteiger partial charge in [0.25, 0.3) is 0 Å². The molecule has 0 aromatic rings. The molecule has 2 atom stereocenters. The summed E-state index contributed by atoms with van der Waals surface area (Å²) in [5, 5.41) is 6.25. The zero-order valence-corrected chi connectivity index (χ0v) is 20.0. The molecule has 2 unspecified atom stereocenters. The van der Waals surface area contributed by atoms with E-state index in [-0.39, 0.29) is 23.9 Å². The molecular weight excluding hydrogens is 371 g/mol. The molecule has 6 heteroatoms. The summed E-state index contributed by atoms with van der Waals surface area (Å²) in [5.41, 5.74) is -0.759. The molecule has 1 amide bonds. The van der Waals surface area contributed by atoms with E-state index in [1.54, 1.807) is 13.8 Å². The third-order valence-corrected chi connectivity index (χ3v) is 5.57. The Balaban J connectivity index is 3.90. The predicted octanol–water partition coefficient (Wildman–Crippen LogP) is 4.64. The summed E-state index contributed by atoms with van der Waals surface area (Å²) in [6.45, 7) is 16.8. The van der Waals surface area contributed by atoms with Crippen LogP contribution in [0.15, 0.2) is 0 Å². The summed E-state index contributed by atoms with van der Waals surface area (Å²) in [6.07, 6.45) is 4.12. The molecular formula is C23H47FN2O3. The lowest BCUT2D eigenvalue weighted by Gasteiger charge is -2.29. The zero-order chi connectivity index (χ0) is 22.3. The molecule has 0 spiro atoms. The third-order valence-electron chi connectivity index (χ3n) is 5.57. The number of rotatable bonds is 18. The van der Waals surface area contributed by atoms with E-state index in [0.29, 0.717) is 19.8 Å². The molecule has 2 N–H and O–H groups in total. The minimum Gasteiger partial charge on any atom is -0.381 e. The quantitative estimate of drug-likeness (QED) is 0.318. The lowest BCUT2D eigenvalue weighted by molar-refractivity contribution is -0.126. The van der Waals surface area contributed by atoms with Crippen molar-refractivity contribution >= 4 is 5.91 Å². The van der Waals surface area contributed by atoms with Gasteiger partial charge in [-0.1, -0.05) is 27.2 Å². The van der Waals surface area contributed by atoms with Gasteiger partial charge in [0.05, 0.1) is 12.1 Å². The second-order valence-corrected chi connectivity index (χ2v) is 9.04. The second kappa shape index (κ2) is 15.1. The van der Waals surface area contributed by atoms with Gasteiger partial charge >= 0.3 is 0 Å². The number of ether oxygens (including phenoxy) is 2. The molecule has 174 valence electrons. The number of carbonyl (C=O) groups excluding carboxylic acids is 1. The maximum absolute atomic E-state index is 14.6. The molecule has 0 aromatic carbocycles. The van der Waals surface area contributed by atoms with Gasteiger partial charge in [-0.2, -0.15) is 0 Å². The molecule has 0 radical (unpaired) electrons. The number of halogens is 1. The first-order valence-electron chi connectivity index (χ1n) is 11.5. The SMILES string of the molecule is CCCC(CC)C(=O)NCC(F)C(C)(C)OCCCOCCCNC(C)(C)CC. The summed E-state index contributed by atoms with van der Waals surface area (Å²) >= 11 is 0. The van der Waals surface area contributed by atoms with Crippen LogP contribution in [0.5, 0.6) is 0 Å². The Hall–Kier alpha value is -0.720. The molecule has 0 saturated heterocycles. The molecule has 0 fully saturated rings. The van der Waals surface area contributed by atoms with Gasteiger partial charge in [0.2, 0.25) is 5.91 Å². The van der Waals surface area contributed by atoms with Crippen molar-refractivity contribution in [3.63, 3.8) is 0 Å². The average Bonchev–Trinajstić information content (AvgIpc) is 2.68. The van der Waals surface area contributed by atoms with Crippen molar-refractivity contribution in [2.75, 3.05) is 32.9 Å². The Morgan fingerprint density at radius 2 is 1.69 bits per heavy atom. The van der Waals surface area contributed by atoms with Crippen molar-refractivity contribution in [3.05, 3.63) is 0 Å². The van der Waals surface area contributed by atoms with Crippen molar-refractivity contribution in [3.8, 4) is 0 Å². The monoisotopic (exact) mass is 418 g/mol. The van der Waals surface area contributed by atoms with Crippen LogP contribution in [0.2, 0.25) is 0 Å². The Morgan fingerprint density at radius 1 is 1.03 bits per heavy atom. The molecule has 0 heterocycles. The van der Waals surface area contributed by atoms with Gasteiger partial charge in [0, 0.05) is 31.3 Å². The van der Waals surface area contributed by atoms with Crippen molar-refractivity contribution in [2.24, 2.45) is 5.92 Å². The lowest BCUT2D eigenvalue weighted by atomic mass is 9.99. The molecule has 5 nitrogen and oxygen atoms in total. The van der Waals surface area contributed by atoms with E-state index < -0.39 is 11.8 Å². The minimum atomic E-state index is -1.25. The number of carbonyl (C=O) groups is 1. The van der Waals surface area contributed by atoms with Gasteiger partial charge in [-0.15, -0.1) is 0 Å². The van der Waals surface area contributed by atoms with E-state index in [2.05, 4.69) is 38.3 Å². The Kier molecular flexibility index (Phi) is 14.8. The van der Waals surface area contributed by atoms with E-state index in [4.69, 9.17) is 9.47 Å². The minimum absolute atomic E-state index is 0.0103.